The predicted octanol–water partition coefficient (Wildman–Crippen LogP) is 4.44. The molecule has 20 heavy (non-hydrogen) atoms. The summed E-state index contributed by atoms with van der Waals surface area (Å²) in [5, 5.41) is 0. The quantitative estimate of drug-likeness (QED) is 0.851. The Labute approximate surface area is 122 Å². The summed E-state index contributed by atoms with van der Waals surface area (Å²) in [7, 11) is 0. The molecule has 0 amide bonds. The Bertz CT molecular complexity index is 469. The minimum Gasteiger partial charge on any atom is -0.328 e. The standard InChI is InChI=1S/C19H25N/c1-14(2)12-16-4-8-18(9-5-16)19-10-6-17(7-11-19)13-15(3)20/h4-11,14-15H,12-13,20H2,1-3H3. The SMILES string of the molecule is CC(C)Cc1ccc(-c2ccc(CC(C)N)cc2)cc1. The van der Waals surface area contributed by atoms with Gasteiger partial charge in [-0.1, -0.05) is 62.4 Å². The minimum atomic E-state index is 0.219. The van der Waals surface area contributed by atoms with Crippen molar-refractivity contribution in [2.75, 3.05) is 0 Å². The highest BCUT2D eigenvalue weighted by atomic mass is 14.6. The van der Waals surface area contributed by atoms with Crippen LogP contribution in [0.15, 0.2) is 48.5 Å². The van der Waals surface area contributed by atoms with Gasteiger partial charge in [-0.05, 0) is 47.9 Å². The van der Waals surface area contributed by atoms with Crippen molar-refractivity contribution in [1.82, 2.24) is 0 Å². The lowest BCUT2D eigenvalue weighted by Gasteiger charge is -2.08. The summed E-state index contributed by atoms with van der Waals surface area (Å²) in [5.41, 5.74) is 11.1. The molecule has 0 radical (unpaired) electrons. The van der Waals surface area contributed by atoms with Crippen LogP contribution in [0.5, 0.6) is 0 Å². The van der Waals surface area contributed by atoms with Crippen molar-refractivity contribution >= 4 is 0 Å². The average molecular weight is 267 g/mol. The van der Waals surface area contributed by atoms with Crippen molar-refractivity contribution in [3.63, 3.8) is 0 Å². The zero-order chi connectivity index (χ0) is 14.5. The van der Waals surface area contributed by atoms with E-state index in [4.69, 9.17) is 5.73 Å². The van der Waals surface area contributed by atoms with E-state index < -0.39 is 0 Å². The molecule has 0 aliphatic heterocycles. The number of hydrogen-bond donors (Lipinski definition) is 1. The van der Waals surface area contributed by atoms with Crippen LogP contribution in [0.2, 0.25) is 0 Å². The lowest BCUT2D eigenvalue weighted by atomic mass is 9.98. The molecular weight excluding hydrogens is 242 g/mol. The van der Waals surface area contributed by atoms with Crippen LogP contribution in [0.3, 0.4) is 0 Å². The normalized spacial score (nSPS) is 12.7. The fourth-order valence-corrected chi connectivity index (χ4v) is 2.51. The Balaban J connectivity index is 2.11. The second kappa shape index (κ2) is 6.71. The summed E-state index contributed by atoms with van der Waals surface area (Å²) in [6.45, 7) is 6.55. The maximum atomic E-state index is 5.83. The zero-order valence-electron chi connectivity index (χ0n) is 12.8. The van der Waals surface area contributed by atoms with E-state index >= 15 is 0 Å². The molecule has 2 rings (SSSR count). The molecule has 0 spiro atoms. The van der Waals surface area contributed by atoms with E-state index in [1.165, 1.54) is 22.3 Å². The average Bonchev–Trinajstić information content (AvgIpc) is 2.39. The molecule has 2 N–H and O–H groups in total. The molecule has 106 valence electrons. The Morgan fingerprint density at radius 2 is 1.10 bits per heavy atom. The highest BCUT2D eigenvalue weighted by Gasteiger charge is 2.02. The summed E-state index contributed by atoms with van der Waals surface area (Å²) in [6, 6.07) is 17.9. The summed E-state index contributed by atoms with van der Waals surface area (Å²) in [5.74, 6) is 0.707. The molecule has 0 saturated heterocycles. The van der Waals surface area contributed by atoms with E-state index in [1.54, 1.807) is 0 Å². The first-order valence-electron chi connectivity index (χ1n) is 7.48. The van der Waals surface area contributed by atoms with Gasteiger partial charge in [-0.25, -0.2) is 0 Å². The van der Waals surface area contributed by atoms with Gasteiger partial charge in [-0.15, -0.1) is 0 Å². The van der Waals surface area contributed by atoms with Crippen LogP contribution in [0.1, 0.15) is 31.9 Å². The minimum absolute atomic E-state index is 0.219. The first kappa shape index (κ1) is 14.8. The number of hydrogen-bond acceptors (Lipinski definition) is 1. The van der Waals surface area contributed by atoms with Crippen LogP contribution < -0.4 is 5.73 Å². The lowest BCUT2D eigenvalue weighted by Crippen LogP contribution is -2.17. The zero-order valence-corrected chi connectivity index (χ0v) is 12.8. The highest BCUT2D eigenvalue weighted by Crippen LogP contribution is 2.21. The third-order valence-corrected chi connectivity index (χ3v) is 3.44. The van der Waals surface area contributed by atoms with Gasteiger partial charge in [-0.2, -0.15) is 0 Å². The molecule has 1 nitrogen and oxygen atoms in total. The Hall–Kier alpha value is -1.60. The molecular formula is C19H25N. The van der Waals surface area contributed by atoms with E-state index in [2.05, 4.69) is 62.4 Å². The molecule has 0 aromatic heterocycles. The van der Waals surface area contributed by atoms with Gasteiger partial charge >= 0.3 is 0 Å². The van der Waals surface area contributed by atoms with Gasteiger partial charge in [0.2, 0.25) is 0 Å². The van der Waals surface area contributed by atoms with Gasteiger partial charge in [0.15, 0.2) is 0 Å². The fraction of sp³-hybridized carbons (Fsp3) is 0.368. The number of benzene rings is 2. The second-order valence-electron chi connectivity index (χ2n) is 6.17. The highest BCUT2D eigenvalue weighted by molar-refractivity contribution is 5.64. The van der Waals surface area contributed by atoms with Crippen molar-refractivity contribution in [3.05, 3.63) is 59.7 Å². The van der Waals surface area contributed by atoms with E-state index in [0.717, 1.165) is 12.8 Å². The largest absolute Gasteiger partial charge is 0.328 e. The molecule has 0 saturated carbocycles. The monoisotopic (exact) mass is 267 g/mol. The summed E-state index contributed by atoms with van der Waals surface area (Å²) >= 11 is 0. The van der Waals surface area contributed by atoms with Crippen LogP contribution in [-0.4, -0.2) is 6.04 Å². The van der Waals surface area contributed by atoms with E-state index in [1.807, 2.05) is 6.92 Å². The van der Waals surface area contributed by atoms with Crippen LogP contribution in [-0.2, 0) is 12.8 Å². The van der Waals surface area contributed by atoms with E-state index in [-0.39, 0.29) is 6.04 Å². The summed E-state index contributed by atoms with van der Waals surface area (Å²) < 4.78 is 0. The van der Waals surface area contributed by atoms with Gasteiger partial charge in [0.25, 0.3) is 0 Å². The van der Waals surface area contributed by atoms with Gasteiger partial charge in [0.1, 0.15) is 0 Å². The first-order valence-corrected chi connectivity index (χ1v) is 7.48. The van der Waals surface area contributed by atoms with Gasteiger partial charge in [0, 0.05) is 6.04 Å². The Morgan fingerprint density at radius 1 is 0.700 bits per heavy atom. The van der Waals surface area contributed by atoms with Crippen molar-refractivity contribution in [2.24, 2.45) is 11.7 Å². The third kappa shape index (κ3) is 4.21. The third-order valence-electron chi connectivity index (χ3n) is 3.44. The van der Waals surface area contributed by atoms with Gasteiger partial charge in [-0.3, -0.25) is 0 Å². The summed E-state index contributed by atoms with van der Waals surface area (Å²) in [4.78, 5) is 0. The molecule has 2 aromatic carbocycles. The van der Waals surface area contributed by atoms with Crippen LogP contribution in [0.25, 0.3) is 11.1 Å². The lowest BCUT2D eigenvalue weighted by molar-refractivity contribution is 0.647. The molecule has 2 aromatic rings. The van der Waals surface area contributed by atoms with Gasteiger partial charge in [0.05, 0.1) is 0 Å². The van der Waals surface area contributed by atoms with Crippen LogP contribution >= 0.6 is 0 Å². The second-order valence-corrected chi connectivity index (χ2v) is 6.17. The molecule has 0 bridgehead atoms. The topological polar surface area (TPSA) is 26.0 Å². The van der Waals surface area contributed by atoms with Crippen molar-refractivity contribution in [2.45, 2.75) is 39.7 Å². The van der Waals surface area contributed by atoms with E-state index in [0.29, 0.717) is 5.92 Å². The maximum Gasteiger partial charge on any atom is 0.00509 e. The van der Waals surface area contributed by atoms with Crippen molar-refractivity contribution < 1.29 is 0 Å². The molecule has 0 aliphatic carbocycles. The first-order chi connectivity index (χ1) is 9.54. The molecule has 0 aliphatic rings. The molecule has 1 atom stereocenters. The maximum absolute atomic E-state index is 5.83. The van der Waals surface area contributed by atoms with Gasteiger partial charge < -0.3 is 5.73 Å². The molecule has 1 heteroatoms. The van der Waals surface area contributed by atoms with Crippen LogP contribution in [0, 0.1) is 5.92 Å². The molecule has 0 heterocycles. The van der Waals surface area contributed by atoms with Crippen molar-refractivity contribution in [3.8, 4) is 11.1 Å². The molecule has 1 unspecified atom stereocenters. The summed E-state index contributed by atoms with van der Waals surface area (Å²) in [6.07, 6.45) is 2.08. The predicted molar refractivity (Wildman–Crippen MR) is 87.8 cm³/mol. The van der Waals surface area contributed by atoms with Crippen LogP contribution in [0.4, 0.5) is 0 Å². The Kier molecular flexibility index (Phi) is 4.97. The smallest absolute Gasteiger partial charge is 0.00509 e. The Morgan fingerprint density at radius 3 is 1.45 bits per heavy atom. The van der Waals surface area contributed by atoms with Crippen molar-refractivity contribution in [1.29, 1.82) is 0 Å². The number of rotatable bonds is 5. The van der Waals surface area contributed by atoms with E-state index in [9.17, 15) is 0 Å². The number of nitrogens with two attached hydrogens (primary N) is 1. The fourth-order valence-electron chi connectivity index (χ4n) is 2.51. The molecule has 0 fully saturated rings.